The molecule has 0 spiro atoms. The van der Waals surface area contributed by atoms with Crippen molar-refractivity contribution in [1.29, 1.82) is 0 Å². The summed E-state index contributed by atoms with van der Waals surface area (Å²) in [5.41, 5.74) is 2.49. The van der Waals surface area contributed by atoms with Crippen LogP contribution in [-0.4, -0.2) is 45.9 Å². The van der Waals surface area contributed by atoms with Gasteiger partial charge in [-0.1, -0.05) is 42.5 Å². The summed E-state index contributed by atoms with van der Waals surface area (Å²) in [7, 11) is 0. The van der Waals surface area contributed by atoms with Crippen LogP contribution >= 0.6 is 0 Å². The molecule has 128 valence electrons. The molecule has 24 heavy (non-hydrogen) atoms. The maximum Gasteiger partial charge on any atom is 0.127 e. The van der Waals surface area contributed by atoms with E-state index in [0.29, 0.717) is 0 Å². The summed E-state index contributed by atoms with van der Waals surface area (Å²) in [6.45, 7) is 10.9. The number of hydrogen-bond donors (Lipinski definition) is 2. The van der Waals surface area contributed by atoms with Gasteiger partial charge in [-0.2, -0.15) is 0 Å². The molecule has 0 atom stereocenters. The normalized spacial score (nSPS) is 20.7. The summed E-state index contributed by atoms with van der Waals surface area (Å²) in [5.74, 6) is 0.977. The molecule has 2 aromatic carbocycles. The Morgan fingerprint density at radius 2 is 1.42 bits per heavy atom. The van der Waals surface area contributed by atoms with Crippen molar-refractivity contribution in [3.63, 3.8) is 0 Å². The molecule has 3 heteroatoms. The molecule has 0 bridgehead atoms. The second-order valence-electron chi connectivity index (χ2n) is 6.70. The quantitative estimate of drug-likeness (QED) is 0.725. The summed E-state index contributed by atoms with van der Waals surface area (Å²) in [6.07, 6.45) is 1.14. The molecule has 3 rings (SSSR count). The Balaban J connectivity index is 1.38. The second-order valence-corrected chi connectivity index (χ2v) is 6.70. The van der Waals surface area contributed by atoms with Gasteiger partial charge in [-0.05, 0) is 30.2 Å². The molecule has 3 nitrogen and oxygen atoms in total. The predicted molar refractivity (Wildman–Crippen MR) is 98.8 cm³/mol. The molecule has 1 fully saturated rings. The van der Waals surface area contributed by atoms with Crippen LogP contribution in [0.3, 0.4) is 0 Å². The topological polar surface area (TPSA) is 18.1 Å². The van der Waals surface area contributed by atoms with Gasteiger partial charge in [-0.25, -0.2) is 0 Å². The maximum absolute atomic E-state index is 5.91. The van der Waals surface area contributed by atoms with Crippen molar-refractivity contribution in [2.45, 2.75) is 13.3 Å². The van der Waals surface area contributed by atoms with Crippen molar-refractivity contribution in [1.82, 2.24) is 0 Å². The van der Waals surface area contributed by atoms with E-state index < -0.39 is 0 Å². The molecule has 1 aliphatic heterocycles. The molecule has 0 radical (unpaired) electrons. The van der Waals surface area contributed by atoms with E-state index in [4.69, 9.17) is 4.74 Å². The average molecular weight is 326 g/mol. The molecule has 2 aromatic rings. The third-order valence-electron chi connectivity index (χ3n) is 5.07. The monoisotopic (exact) mass is 326 g/mol. The number of quaternary nitrogens is 2. The third-order valence-corrected chi connectivity index (χ3v) is 5.07. The van der Waals surface area contributed by atoms with Gasteiger partial charge >= 0.3 is 0 Å². The lowest BCUT2D eigenvalue weighted by atomic mass is 10.1. The Bertz CT molecular complexity index is 589. The number of benzene rings is 2. The second kappa shape index (κ2) is 8.86. The Hall–Kier alpha value is -1.84. The highest BCUT2D eigenvalue weighted by Gasteiger charge is 2.20. The van der Waals surface area contributed by atoms with Crippen LogP contribution in [0.4, 0.5) is 0 Å². The summed E-state index contributed by atoms with van der Waals surface area (Å²) < 4.78 is 5.91. The molecular weight excluding hydrogens is 296 g/mol. The highest BCUT2D eigenvalue weighted by atomic mass is 16.5. The van der Waals surface area contributed by atoms with E-state index in [1.165, 1.54) is 50.4 Å². The van der Waals surface area contributed by atoms with E-state index in [1.807, 2.05) is 6.07 Å². The van der Waals surface area contributed by atoms with E-state index in [-0.39, 0.29) is 0 Å². The molecule has 1 heterocycles. The fourth-order valence-electron chi connectivity index (χ4n) is 3.45. The van der Waals surface area contributed by atoms with Gasteiger partial charge in [0.25, 0.3) is 0 Å². The number of piperazine rings is 1. The van der Waals surface area contributed by atoms with Gasteiger partial charge in [0.05, 0.1) is 19.7 Å². The highest BCUT2D eigenvalue weighted by Crippen LogP contribution is 2.21. The van der Waals surface area contributed by atoms with Gasteiger partial charge in [-0.3, -0.25) is 0 Å². The fraction of sp³-hybridized carbons (Fsp3) is 0.429. The first-order valence-corrected chi connectivity index (χ1v) is 9.30. The van der Waals surface area contributed by atoms with Crippen LogP contribution in [-0.2, 0) is 0 Å². The smallest absolute Gasteiger partial charge is 0.127 e. The zero-order valence-electron chi connectivity index (χ0n) is 14.8. The van der Waals surface area contributed by atoms with Crippen LogP contribution in [0.2, 0.25) is 0 Å². The minimum absolute atomic E-state index is 0.818. The minimum Gasteiger partial charge on any atom is -0.493 e. The molecule has 1 saturated heterocycles. The highest BCUT2D eigenvalue weighted by molar-refractivity contribution is 5.63. The Morgan fingerprint density at radius 3 is 2.08 bits per heavy atom. The van der Waals surface area contributed by atoms with Crippen LogP contribution in [0.1, 0.15) is 13.3 Å². The van der Waals surface area contributed by atoms with Crippen molar-refractivity contribution in [2.75, 3.05) is 45.9 Å². The molecule has 0 amide bonds. The molecule has 0 aliphatic carbocycles. The van der Waals surface area contributed by atoms with Gasteiger partial charge in [0.2, 0.25) is 0 Å². The third kappa shape index (κ3) is 4.83. The van der Waals surface area contributed by atoms with E-state index in [9.17, 15) is 0 Å². The molecule has 1 aliphatic rings. The lowest BCUT2D eigenvalue weighted by molar-refractivity contribution is -1.01. The lowest BCUT2D eigenvalue weighted by Gasteiger charge is -2.28. The van der Waals surface area contributed by atoms with Crippen molar-refractivity contribution in [3.05, 3.63) is 54.6 Å². The number of ether oxygens (including phenoxy) is 1. The van der Waals surface area contributed by atoms with E-state index in [0.717, 1.165) is 18.8 Å². The molecular formula is C21H30N2O+2. The van der Waals surface area contributed by atoms with Gasteiger partial charge in [0.15, 0.2) is 0 Å². The van der Waals surface area contributed by atoms with Crippen molar-refractivity contribution < 1.29 is 14.5 Å². The fourth-order valence-corrected chi connectivity index (χ4v) is 3.45. The lowest BCUT2D eigenvalue weighted by Crippen LogP contribution is -3.28. The van der Waals surface area contributed by atoms with Crippen molar-refractivity contribution in [3.8, 4) is 16.9 Å². The Morgan fingerprint density at radius 1 is 0.792 bits per heavy atom. The van der Waals surface area contributed by atoms with Gasteiger partial charge in [-0.15, -0.1) is 0 Å². The zero-order chi connectivity index (χ0) is 16.6. The molecule has 0 unspecified atom stereocenters. The SMILES string of the molecule is CC[NH+]1CC[NH+](CCCOc2ccc(-c3ccccc3)cc2)CC1. The van der Waals surface area contributed by atoms with Gasteiger partial charge in [0, 0.05) is 6.42 Å². The van der Waals surface area contributed by atoms with Crippen LogP contribution in [0, 0.1) is 0 Å². The number of likely N-dealkylation sites (N-methyl/N-ethyl adjacent to an activating group) is 1. The summed E-state index contributed by atoms with van der Waals surface area (Å²) in [4.78, 5) is 3.50. The minimum atomic E-state index is 0.818. The van der Waals surface area contributed by atoms with E-state index in [2.05, 4.69) is 55.5 Å². The summed E-state index contributed by atoms with van der Waals surface area (Å²) in [5, 5.41) is 0. The maximum atomic E-state index is 5.91. The molecule has 2 N–H and O–H groups in total. The predicted octanol–water partition coefficient (Wildman–Crippen LogP) is 0.926. The number of nitrogens with one attached hydrogen (secondary N) is 2. The van der Waals surface area contributed by atoms with Crippen molar-refractivity contribution >= 4 is 0 Å². The van der Waals surface area contributed by atoms with E-state index in [1.54, 1.807) is 9.80 Å². The van der Waals surface area contributed by atoms with Gasteiger partial charge < -0.3 is 14.5 Å². The Kier molecular flexibility index (Phi) is 6.27. The van der Waals surface area contributed by atoms with Crippen LogP contribution in [0.15, 0.2) is 54.6 Å². The molecule has 0 aromatic heterocycles. The average Bonchev–Trinajstić information content (AvgIpc) is 2.67. The largest absolute Gasteiger partial charge is 0.493 e. The van der Waals surface area contributed by atoms with E-state index >= 15 is 0 Å². The first-order valence-electron chi connectivity index (χ1n) is 9.30. The van der Waals surface area contributed by atoms with Gasteiger partial charge in [0.1, 0.15) is 31.9 Å². The van der Waals surface area contributed by atoms with Crippen molar-refractivity contribution in [2.24, 2.45) is 0 Å². The van der Waals surface area contributed by atoms with Crippen LogP contribution in [0.25, 0.3) is 11.1 Å². The number of hydrogen-bond acceptors (Lipinski definition) is 1. The first-order chi connectivity index (χ1) is 11.8. The number of rotatable bonds is 7. The summed E-state index contributed by atoms with van der Waals surface area (Å²) in [6, 6.07) is 18.9. The molecule has 0 saturated carbocycles. The van der Waals surface area contributed by atoms with Crippen LogP contribution in [0.5, 0.6) is 5.75 Å². The first kappa shape index (κ1) is 17.0. The zero-order valence-corrected chi connectivity index (χ0v) is 14.8. The summed E-state index contributed by atoms with van der Waals surface area (Å²) >= 11 is 0. The van der Waals surface area contributed by atoms with Crippen LogP contribution < -0.4 is 14.5 Å². The standard InChI is InChI=1S/C21H28N2O/c1-2-22-14-16-23(17-15-22)13-6-18-24-21-11-9-20(10-12-21)19-7-4-3-5-8-19/h3-5,7-12H,2,6,13-18H2,1H3/p+2. The Labute approximate surface area is 145 Å².